The number of sulfonamides is 1. The highest BCUT2D eigenvalue weighted by Crippen LogP contribution is 2.27. The molecule has 9 nitrogen and oxygen atoms in total. The number of rotatable bonds is 6. The van der Waals surface area contributed by atoms with Crippen LogP contribution in [-0.4, -0.2) is 58.2 Å². The SMILES string of the molecule is O=C(c1ccc(NS(=O)(=O)c2cccc3cccnc23)cc1)N1CCC(O)(Cc2cccnn2)CC1. The van der Waals surface area contributed by atoms with Gasteiger partial charge in [0.2, 0.25) is 0 Å². The number of aromatic nitrogens is 3. The third-order valence-electron chi connectivity index (χ3n) is 6.39. The zero-order chi connectivity index (χ0) is 25.2. The second kappa shape index (κ2) is 9.63. The van der Waals surface area contributed by atoms with Crippen molar-refractivity contribution in [3.63, 3.8) is 0 Å². The smallest absolute Gasteiger partial charge is 0.264 e. The van der Waals surface area contributed by atoms with Gasteiger partial charge in [0.05, 0.1) is 16.8 Å². The van der Waals surface area contributed by atoms with E-state index in [1.54, 1.807) is 71.9 Å². The molecule has 1 aliphatic heterocycles. The van der Waals surface area contributed by atoms with Crippen LogP contribution in [0.1, 0.15) is 28.9 Å². The number of carbonyl (C=O) groups excluding carboxylic acids is 1. The minimum atomic E-state index is -3.88. The number of fused-ring (bicyclic) bond motifs is 1. The Bertz CT molecular complexity index is 1480. The number of amides is 1. The Labute approximate surface area is 208 Å². The summed E-state index contributed by atoms with van der Waals surface area (Å²) < 4.78 is 28.6. The molecule has 0 saturated carbocycles. The highest BCUT2D eigenvalue weighted by Gasteiger charge is 2.34. The van der Waals surface area contributed by atoms with Gasteiger partial charge in [-0.1, -0.05) is 18.2 Å². The summed E-state index contributed by atoms with van der Waals surface area (Å²) in [6, 6.07) is 18.5. The number of pyridine rings is 1. The molecule has 2 N–H and O–H groups in total. The first-order valence-corrected chi connectivity index (χ1v) is 13.1. The lowest BCUT2D eigenvalue weighted by Gasteiger charge is -2.38. The van der Waals surface area contributed by atoms with E-state index in [9.17, 15) is 18.3 Å². The van der Waals surface area contributed by atoms with Crippen LogP contribution in [0, 0.1) is 0 Å². The fourth-order valence-electron chi connectivity index (χ4n) is 4.43. The minimum Gasteiger partial charge on any atom is -0.389 e. The maximum atomic E-state index is 13.0. The van der Waals surface area contributed by atoms with Crippen molar-refractivity contribution in [3.8, 4) is 0 Å². The topological polar surface area (TPSA) is 125 Å². The number of hydrogen-bond donors (Lipinski definition) is 2. The average Bonchev–Trinajstić information content (AvgIpc) is 2.89. The van der Waals surface area contributed by atoms with E-state index in [-0.39, 0.29) is 10.8 Å². The molecule has 0 unspecified atom stereocenters. The van der Waals surface area contributed by atoms with E-state index in [0.29, 0.717) is 49.1 Å². The van der Waals surface area contributed by atoms with Crippen LogP contribution in [0.2, 0.25) is 0 Å². The molecule has 0 spiro atoms. The van der Waals surface area contributed by atoms with Crippen LogP contribution in [0.4, 0.5) is 5.69 Å². The van der Waals surface area contributed by atoms with Gasteiger partial charge in [0, 0.05) is 48.5 Å². The summed E-state index contributed by atoms with van der Waals surface area (Å²) in [4.78, 5) is 19.0. The first-order chi connectivity index (χ1) is 17.3. The van der Waals surface area contributed by atoms with Crippen molar-refractivity contribution in [3.05, 3.63) is 90.4 Å². The maximum absolute atomic E-state index is 13.0. The van der Waals surface area contributed by atoms with Gasteiger partial charge in [-0.3, -0.25) is 14.5 Å². The van der Waals surface area contributed by atoms with Crippen LogP contribution in [-0.2, 0) is 16.4 Å². The summed E-state index contributed by atoms with van der Waals surface area (Å²) in [5, 5.41) is 19.5. The summed E-state index contributed by atoms with van der Waals surface area (Å²) in [5.74, 6) is -0.163. The Kier molecular flexibility index (Phi) is 6.38. The van der Waals surface area contributed by atoms with E-state index >= 15 is 0 Å². The molecule has 10 heteroatoms. The zero-order valence-electron chi connectivity index (χ0n) is 19.4. The second-order valence-electron chi connectivity index (χ2n) is 8.92. The quantitative estimate of drug-likeness (QED) is 0.414. The van der Waals surface area contributed by atoms with Gasteiger partial charge in [0.1, 0.15) is 4.90 Å². The number of para-hydroxylation sites is 1. The predicted molar refractivity (Wildman–Crippen MR) is 135 cm³/mol. The van der Waals surface area contributed by atoms with Crippen LogP contribution in [0.15, 0.2) is 84.0 Å². The largest absolute Gasteiger partial charge is 0.389 e. The van der Waals surface area contributed by atoms with E-state index in [4.69, 9.17) is 0 Å². The predicted octanol–water partition coefficient (Wildman–Crippen LogP) is 3.04. The number of likely N-dealkylation sites (tertiary alicyclic amines) is 1. The number of piperidine rings is 1. The zero-order valence-corrected chi connectivity index (χ0v) is 20.2. The van der Waals surface area contributed by atoms with Crippen molar-refractivity contribution in [2.24, 2.45) is 0 Å². The first-order valence-electron chi connectivity index (χ1n) is 11.6. The van der Waals surface area contributed by atoms with Crippen LogP contribution < -0.4 is 4.72 Å². The molecule has 4 aromatic rings. The number of benzene rings is 2. The lowest BCUT2D eigenvalue weighted by atomic mass is 9.86. The van der Waals surface area contributed by atoms with Gasteiger partial charge in [-0.2, -0.15) is 10.2 Å². The van der Waals surface area contributed by atoms with Gasteiger partial charge in [-0.25, -0.2) is 8.42 Å². The minimum absolute atomic E-state index is 0.0861. The molecule has 0 atom stereocenters. The Morgan fingerprint density at radius 3 is 2.42 bits per heavy atom. The summed E-state index contributed by atoms with van der Waals surface area (Å²) in [6.45, 7) is 0.829. The van der Waals surface area contributed by atoms with Crippen molar-refractivity contribution in [2.45, 2.75) is 29.8 Å². The third kappa shape index (κ3) is 5.05. The van der Waals surface area contributed by atoms with E-state index in [2.05, 4.69) is 19.9 Å². The summed E-state index contributed by atoms with van der Waals surface area (Å²) >= 11 is 0. The molecule has 1 amide bonds. The number of anilines is 1. The third-order valence-corrected chi connectivity index (χ3v) is 7.80. The van der Waals surface area contributed by atoms with Gasteiger partial charge in [-0.15, -0.1) is 0 Å². The Morgan fingerprint density at radius 1 is 0.972 bits per heavy atom. The van der Waals surface area contributed by atoms with Crippen molar-refractivity contribution in [2.75, 3.05) is 17.8 Å². The molecular weight excluding hydrogens is 478 g/mol. The fourth-order valence-corrected chi connectivity index (χ4v) is 5.67. The molecule has 184 valence electrons. The van der Waals surface area contributed by atoms with Crippen molar-refractivity contribution in [1.29, 1.82) is 0 Å². The molecule has 2 aromatic heterocycles. The molecule has 0 aliphatic carbocycles. The molecule has 0 radical (unpaired) electrons. The number of carbonyl (C=O) groups is 1. The van der Waals surface area contributed by atoms with Crippen LogP contribution in [0.5, 0.6) is 0 Å². The number of aliphatic hydroxyl groups is 1. The van der Waals surface area contributed by atoms with E-state index < -0.39 is 15.6 Å². The molecule has 36 heavy (non-hydrogen) atoms. The average molecular weight is 504 g/mol. The van der Waals surface area contributed by atoms with Crippen molar-refractivity contribution in [1.82, 2.24) is 20.1 Å². The normalized spacial score (nSPS) is 15.5. The van der Waals surface area contributed by atoms with Crippen LogP contribution in [0.3, 0.4) is 0 Å². The highest BCUT2D eigenvalue weighted by atomic mass is 32.2. The first kappa shape index (κ1) is 23.8. The summed E-state index contributed by atoms with van der Waals surface area (Å²) in [5.41, 5.74) is 0.979. The Hall–Kier alpha value is -3.89. The van der Waals surface area contributed by atoms with E-state index in [1.165, 1.54) is 6.07 Å². The van der Waals surface area contributed by atoms with Gasteiger partial charge in [-0.05, 0) is 61.4 Å². The molecular formula is C26H25N5O4S. The molecule has 2 aromatic carbocycles. The lowest BCUT2D eigenvalue weighted by Crippen LogP contribution is -2.47. The molecule has 1 aliphatic rings. The van der Waals surface area contributed by atoms with E-state index in [1.807, 2.05) is 6.07 Å². The molecule has 1 saturated heterocycles. The fraction of sp³-hybridized carbons (Fsp3) is 0.231. The number of hydrogen-bond acceptors (Lipinski definition) is 7. The summed E-state index contributed by atoms with van der Waals surface area (Å²) in [6.07, 6.45) is 4.41. The number of nitrogens with one attached hydrogen (secondary N) is 1. The van der Waals surface area contributed by atoms with E-state index in [0.717, 1.165) is 11.1 Å². The van der Waals surface area contributed by atoms with Gasteiger partial charge in [0.15, 0.2) is 0 Å². The maximum Gasteiger partial charge on any atom is 0.264 e. The highest BCUT2D eigenvalue weighted by molar-refractivity contribution is 7.93. The molecule has 3 heterocycles. The van der Waals surface area contributed by atoms with Crippen LogP contribution >= 0.6 is 0 Å². The monoisotopic (exact) mass is 503 g/mol. The molecule has 5 rings (SSSR count). The Balaban J connectivity index is 1.24. The molecule has 0 bridgehead atoms. The van der Waals surface area contributed by atoms with Crippen LogP contribution in [0.25, 0.3) is 10.9 Å². The second-order valence-corrected chi connectivity index (χ2v) is 10.6. The molecule has 1 fully saturated rings. The van der Waals surface area contributed by atoms with Gasteiger partial charge in [0.25, 0.3) is 15.9 Å². The van der Waals surface area contributed by atoms with Gasteiger partial charge < -0.3 is 10.0 Å². The number of nitrogens with zero attached hydrogens (tertiary/aromatic N) is 4. The standard InChI is InChI=1S/C26H25N5O4S/c32-25(31-16-12-26(33,13-17-31)18-22-6-3-15-28-29-22)20-8-10-21(11-9-20)30-36(34,35)23-7-1-4-19-5-2-14-27-24(19)23/h1-11,14-15,30,33H,12-13,16-18H2. The Morgan fingerprint density at radius 2 is 1.69 bits per heavy atom. The summed E-state index contributed by atoms with van der Waals surface area (Å²) in [7, 11) is -3.88. The van der Waals surface area contributed by atoms with Crippen molar-refractivity contribution < 1.29 is 18.3 Å². The van der Waals surface area contributed by atoms with Crippen molar-refractivity contribution >= 4 is 32.5 Å². The van der Waals surface area contributed by atoms with Gasteiger partial charge >= 0.3 is 0 Å². The lowest BCUT2D eigenvalue weighted by molar-refractivity contribution is -0.0170.